The maximum atomic E-state index is 13.4. The van der Waals surface area contributed by atoms with Gasteiger partial charge in [0.25, 0.3) is 0 Å². The topological polar surface area (TPSA) is 12.0 Å². The Morgan fingerprint density at radius 2 is 1.89 bits per heavy atom. The zero-order chi connectivity index (χ0) is 13.8. The molecule has 1 unspecified atom stereocenters. The maximum absolute atomic E-state index is 13.4. The fourth-order valence-corrected chi connectivity index (χ4v) is 1.57. The second-order valence-corrected chi connectivity index (χ2v) is 4.04. The molecule has 0 aliphatic rings. The standard InChI is InChI=1S/C12H14F5N/c1-8(18-7-3-6-12(15,16)17)9-4-2-5-10(13)11(9)14/h2,4-5,8,18H,3,6-7H2,1H3. The van der Waals surface area contributed by atoms with E-state index in [9.17, 15) is 22.0 Å². The van der Waals surface area contributed by atoms with E-state index < -0.39 is 30.3 Å². The monoisotopic (exact) mass is 267 g/mol. The van der Waals surface area contributed by atoms with Crippen LogP contribution in [0.4, 0.5) is 22.0 Å². The Bertz CT molecular complexity index is 389. The van der Waals surface area contributed by atoms with Gasteiger partial charge >= 0.3 is 6.18 Å². The van der Waals surface area contributed by atoms with Crippen molar-refractivity contribution in [1.82, 2.24) is 5.32 Å². The molecule has 0 radical (unpaired) electrons. The smallest absolute Gasteiger partial charge is 0.310 e. The highest BCUT2D eigenvalue weighted by Crippen LogP contribution is 2.22. The van der Waals surface area contributed by atoms with Gasteiger partial charge in [0.05, 0.1) is 0 Å². The minimum Gasteiger partial charge on any atom is -0.310 e. The largest absolute Gasteiger partial charge is 0.389 e. The molecule has 6 heteroatoms. The summed E-state index contributed by atoms with van der Waals surface area (Å²) in [5, 5.41) is 2.73. The van der Waals surface area contributed by atoms with Crippen LogP contribution in [0.15, 0.2) is 18.2 Å². The third-order valence-electron chi connectivity index (χ3n) is 2.54. The van der Waals surface area contributed by atoms with Crippen molar-refractivity contribution >= 4 is 0 Å². The number of rotatable bonds is 5. The normalized spacial score (nSPS) is 13.7. The Labute approximate surface area is 102 Å². The highest BCUT2D eigenvalue weighted by atomic mass is 19.4. The summed E-state index contributed by atoms with van der Waals surface area (Å²) in [7, 11) is 0. The first-order valence-corrected chi connectivity index (χ1v) is 5.55. The molecule has 0 heterocycles. The van der Waals surface area contributed by atoms with Crippen molar-refractivity contribution < 1.29 is 22.0 Å². The van der Waals surface area contributed by atoms with Gasteiger partial charge in [0.1, 0.15) is 0 Å². The molecular weight excluding hydrogens is 253 g/mol. The molecule has 102 valence electrons. The van der Waals surface area contributed by atoms with Crippen LogP contribution < -0.4 is 5.32 Å². The number of halogens is 5. The molecule has 1 aromatic carbocycles. The molecule has 1 N–H and O–H groups in total. The number of hydrogen-bond acceptors (Lipinski definition) is 1. The van der Waals surface area contributed by atoms with Crippen LogP contribution in [0.5, 0.6) is 0 Å². The van der Waals surface area contributed by atoms with Crippen molar-refractivity contribution in [3.05, 3.63) is 35.4 Å². The lowest BCUT2D eigenvalue weighted by molar-refractivity contribution is -0.135. The number of hydrogen-bond donors (Lipinski definition) is 1. The molecule has 1 atom stereocenters. The van der Waals surface area contributed by atoms with Gasteiger partial charge in [0.2, 0.25) is 0 Å². The third-order valence-corrected chi connectivity index (χ3v) is 2.54. The Morgan fingerprint density at radius 1 is 1.22 bits per heavy atom. The predicted octanol–water partition coefficient (Wildman–Crippen LogP) is 3.96. The van der Waals surface area contributed by atoms with Crippen molar-refractivity contribution in [3.8, 4) is 0 Å². The molecule has 1 nitrogen and oxygen atoms in total. The fraction of sp³-hybridized carbons (Fsp3) is 0.500. The second-order valence-electron chi connectivity index (χ2n) is 4.04. The van der Waals surface area contributed by atoms with Crippen LogP contribution in [0.3, 0.4) is 0 Å². The fourth-order valence-electron chi connectivity index (χ4n) is 1.57. The van der Waals surface area contributed by atoms with Gasteiger partial charge in [0, 0.05) is 18.0 Å². The SMILES string of the molecule is CC(NCCCC(F)(F)F)c1cccc(F)c1F. The summed E-state index contributed by atoms with van der Waals surface area (Å²) in [5.41, 5.74) is 0.113. The van der Waals surface area contributed by atoms with Gasteiger partial charge in [-0.15, -0.1) is 0 Å². The summed E-state index contributed by atoms with van der Waals surface area (Å²) in [6, 6.07) is 3.23. The van der Waals surface area contributed by atoms with Gasteiger partial charge in [-0.3, -0.25) is 0 Å². The molecule has 0 spiro atoms. The van der Waals surface area contributed by atoms with Crippen molar-refractivity contribution in [3.63, 3.8) is 0 Å². The predicted molar refractivity (Wildman–Crippen MR) is 58.1 cm³/mol. The van der Waals surface area contributed by atoms with Gasteiger partial charge in [0.15, 0.2) is 11.6 Å². The Morgan fingerprint density at radius 3 is 2.50 bits per heavy atom. The highest BCUT2D eigenvalue weighted by Gasteiger charge is 2.26. The van der Waals surface area contributed by atoms with E-state index in [1.807, 2.05) is 0 Å². The van der Waals surface area contributed by atoms with Gasteiger partial charge in [-0.05, 0) is 26.0 Å². The van der Waals surface area contributed by atoms with Gasteiger partial charge in [-0.1, -0.05) is 12.1 Å². The molecule has 1 aromatic rings. The average Bonchev–Trinajstić information content (AvgIpc) is 2.26. The maximum Gasteiger partial charge on any atom is 0.389 e. The summed E-state index contributed by atoms with van der Waals surface area (Å²) in [6.45, 7) is 1.67. The zero-order valence-corrected chi connectivity index (χ0v) is 9.82. The molecule has 0 saturated heterocycles. The van der Waals surface area contributed by atoms with Crippen molar-refractivity contribution in [2.45, 2.75) is 32.0 Å². The zero-order valence-electron chi connectivity index (χ0n) is 9.82. The number of alkyl halides is 3. The van der Waals surface area contributed by atoms with E-state index >= 15 is 0 Å². The van der Waals surface area contributed by atoms with E-state index in [1.54, 1.807) is 6.92 Å². The molecule has 0 aromatic heterocycles. The summed E-state index contributed by atoms with van der Waals surface area (Å²) < 4.78 is 61.9. The molecule has 0 bridgehead atoms. The van der Waals surface area contributed by atoms with Crippen LogP contribution in [0.2, 0.25) is 0 Å². The molecule has 0 aliphatic heterocycles. The minimum atomic E-state index is -4.19. The van der Waals surface area contributed by atoms with E-state index in [1.165, 1.54) is 12.1 Å². The van der Waals surface area contributed by atoms with Crippen LogP contribution in [0.1, 0.15) is 31.4 Å². The Kier molecular flexibility index (Phi) is 5.07. The summed E-state index contributed by atoms with van der Waals surface area (Å²) in [5.74, 6) is -1.93. The van der Waals surface area contributed by atoms with Crippen LogP contribution in [0, 0.1) is 11.6 Å². The van der Waals surface area contributed by atoms with E-state index in [2.05, 4.69) is 5.32 Å². The van der Waals surface area contributed by atoms with E-state index in [0.29, 0.717) is 0 Å². The first kappa shape index (κ1) is 14.9. The Balaban J connectivity index is 2.46. The van der Waals surface area contributed by atoms with Crippen molar-refractivity contribution in [2.75, 3.05) is 6.54 Å². The lowest BCUT2D eigenvalue weighted by Gasteiger charge is -2.15. The summed E-state index contributed by atoms with van der Waals surface area (Å²) in [4.78, 5) is 0. The summed E-state index contributed by atoms with van der Waals surface area (Å²) >= 11 is 0. The van der Waals surface area contributed by atoms with E-state index in [0.717, 1.165) is 6.07 Å². The molecule has 1 rings (SSSR count). The molecule has 0 amide bonds. The van der Waals surface area contributed by atoms with Gasteiger partial charge in [-0.2, -0.15) is 13.2 Å². The first-order chi connectivity index (χ1) is 8.31. The molecule has 18 heavy (non-hydrogen) atoms. The van der Waals surface area contributed by atoms with Crippen LogP contribution in [-0.4, -0.2) is 12.7 Å². The van der Waals surface area contributed by atoms with E-state index in [-0.39, 0.29) is 18.5 Å². The van der Waals surface area contributed by atoms with Crippen LogP contribution in [0.25, 0.3) is 0 Å². The van der Waals surface area contributed by atoms with Gasteiger partial charge < -0.3 is 5.32 Å². The molecular formula is C12H14F5N. The van der Waals surface area contributed by atoms with Crippen LogP contribution >= 0.6 is 0 Å². The van der Waals surface area contributed by atoms with Crippen molar-refractivity contribution in [1.29, 1.82) is 0 Å². The van der Waals surface area contributed by atoms with Crippen LogP contribution in [-0.2, 0) is 0 Å². The third kappa shape index (κ3) is 4.60. The lowest BCUT2D eigenvalue weighted by atomic mass is 10.1. The lowest BCUT2D eigenvalue weighted by Crippen LogP contribution is -2.22. The highest BCUT2D eigenvalue weighted by molar-refractivity contribution is 5.21. The molecule has 0 aliphatic carbocycles. The minimum absolute atomic E-state index is 0.0925. The number of benzene rings is 1. The Hall–Kier alpha value is -1.17. The van der Waals surface area contributed by atoms with E-state index in [4.69, 9.17) is 0 Å². The quantitative estimate of drug-likeness (QED) is 0.629. The number of nitrogens with one attached hydrogen (secondary N) is 1. The van der Waals surface area contributed by atoms with Crippen molar-refractivity contribution in [2.24, 2.45) is 0 Å². The first-order valence-electron chi connectivity index (χ1n) is 5.55. The van der Waals surface area contributed by atoms with Gasteiger partial charge in [-0.25, -0.2) is 8.78 Å². The molecule has 0 fully saturated rings. The molecule has 0 saturated carbocycles. The average molecular weight is 267 g/mol. The summed E-state index contributed by atoms with van der Waals surface area (Å²) in [6.07, 6.45) is -5.17. The second kappa shape index (κ2) is 6.13.